The molecule has 3 aromatic rings. The molecule has 0 amide bonds. The van der Waals surface area contributed by atoms with Crippen molar-refractivity contribution in [3.63, 3.8) is 0 Å². The van der Waals surface area contributed by atoms with E-state index in [-0.39, 0.29) is 12.7 Å². The molecule has 6 heteroatoms. The number of hydrogen-bond donors (Lipinski definition) is 1. The zero-order chi connectivity index (χ0) is 15.8. The van der Waals surface area contributed by atoms with Crippen LogP contribution in [0.1, 0.15) is 11.3 Å². The Hall–Kier alpha value is -3.02. The molecule has 2 aromatic carbocycles. The molecule has 0 radical (unpaired) electrons. The highest BCUT2D eigenvalue weighted by Gasteiger charge is 2.15. The molecule has 1 aliphatic heterocycles. The fraction of sp³-hybridized carbons (Fsp3) is 0.176. The molecule has 0 fully saturated rings. The molecule has 2 N–H and O–H groups in total. The van der Waals surface area contributed by atoms with Gasteiger partial charge in [-0.2, -0.15) is 0 Å². The summed E-state index contributed by atoms with van der Waals surface area (Å²) < 4.78 is 16.1. The normalized spacial score (nSPS) is 12.6. The predicted molar refractivity (Wildman–Crippen MR) is 85.9 cm³/mol. The molecule has 116 valence electrons. The number of nitrogens with two attached hydrogens (primary N) is 1. The lowest BCUT2D eigenvalue weighted by Crippen LogP contribution is -2.02. The van der Waals surface area contributed by atoms with Crippen LogP contribution >= 0.6 is 0 Å². The molecule has 0 saturated heterocycles. The van der Waals surface area contributed by atoms with Crippen molar-refractivity contribution >= 4 is 16.9 Å². The number of fused-ring (bicyclic) bond motifs is 2. The number of rotatable bonds is 3. The lowest BCUT2D eigenvalue weighted by atomic mass is 10.0. The second kappa shape index (κ2) is 5.31. The van der Waals surface area contributed by atoms with Crippen molar-refractivity contribution in [1.29, 1.82) is 0 Å². The molecule has 23 heavy (non-hydrogen) atoms. The fourth-order valence-corrected chi connectivity index (χ4v) is 2.70. The third kappa shape index (κ3) is 2.48. The van der Waals surface area contributed by atoms with Gasteiger partial charge in [-0.3, -0.25) is 0 Å². The molecule has 0 unspecified atom stereocenters. The Kier molecular flexibility index (Phi) is 3.15. The number of nitrogen functional groups attached to an aromatic ring is 1. The van der Waals surface area contributed by atoms with E-state index in [1.807, 2.05) is 36.4 Å². The average molecular weight is 309 g/mol. The zero-order valence-corrected chi connectivity index (χ0v) is 12.6. The SMILES string of the molecule is COc1ccc2nc(N)nc(Cc3ccc4c(c3)OCO4)c2c1. The predicted octanol–water partition coefficient (Wildman–Crippen LogP) is 2.54. The molecule has 1 aromatic heterocycles. The Morgan fingerprint density at radius 3 is 2.83 bits per heavy atom. The topological polar surface area (TPSA) is 79.5 Å². The maximum atomic E-state index is 5.84. The minimum atomic E-state index is 0.262. The van der Waals surface area contributed by atoms with Gasteiger partial charge in [-0.15, -0.1) is 0 Å². The molecule has 2 heterocycles. The van der Waals surface area contributed by atoms with Gasteiger partial charge in [0.15, 0.2) is 11.5 Å². The maximum absolute atomic E-state index is 5.84. The van der Waals surface area contributed by atoms with Crippen LogP contribution in [0.15, 0.2) is 36.4 Å². The number of ether oxygens (including phenoxy) is 3. The average Bonchev–Trinajstić information content (AvgIpc) is 3.02. The van der Waals surface area contributed by atoms with Crippen LogP contribution in [0.2, 0.25) is 0 Å². The van der Waals surface area contributed by atoms with Crippen molar-refractivity contribution in [2.45, 2.75) is 6.42 Å². The Bertz CT molecular complexity index is 896. The molecular weight excluding hydrogens is 294 g/mol. The summed E-state index contributed by atoms with van der Waals surface area (Å²) in [5.74, 6) is 2.55. The minimum Gasteiger partial charge on any atom is -0.497 e. The number of aromatic nitrogens is 2. The molecular formula is C17H15N3O3. The first-order chi connectivity index (χ1) is 11.2. The van der Waals surface area contributed by atoms with E-state index in [1.165, 1.54) is 0 Å². The fourth-order valence-electron chi connectivity index (χ4n) is 2.70. The quantitative estimate of drug-likeness (QED) is 0.801. The van der Waals surface area contributed by atoms with Crippen molar-refractivity contribution in [3.05, 3.63) is 47.7 Å². The summed E-state index contributed by atoms with van der Waals surface area (Å²) in [4.78, 5) is 8.68. The molecule has 0 saturated carbocycles. The van der Waals surface area contributed by atoms with Crippen LogP contribution in [0.4, 0.5) is 5.95 Å². The van der Waals surface area contributed by atoms with E-state index >= 15 is 0 Å². The van der Waals surface area contributed by atoms with Gasteiger partial charge in [0.2, 0.25) is 12.7 Å². The Labute approximate surface area is 132 Å². The highest BCUT2D eigenvalue weighted by Crippen LogP contribution is 2.33. The lowest BCUT2D eigenvalue weighted by Gasteiger charge is -2.09. The third-order valence-electron chi connectivity index (χ3n) is 3.81. The summed E-state index contributed by atoms with van der Waals surface area (Å²) in [6.07, 6.45) is 0.618. The van der Waals surface area contributed by atoms with E-state index in [1.54, 1.807) is 7.11 Å². The second-order valence-electron chi connectivity index (χ2n) is 5.28. The Morgan fingerprint density at radius 1 is 1.09 bits per heavy atom. The van der Waals surface area contributed by atoms with Crippen molar-refractivity contribution < 1.29 is 14.2 Å². The molecule has 0 atom stereocenters. The summed E-state index contributed by atoms with van der Waals surface area (Å²) >= 11 is 0. The molecule has 4 rings (SSSR count). The van der Waals surface area contributed by atoms with Gasteiger partial charge in [0.25, 0.3) is 0 Å². The summed E-state index contributed by atoms with van der Waals surface area (Å²) in [6.45, 7) is 0.263. The monoisotopic (exact) mass is 309 g/mol. The number of anilines is 1. The van der Waals surface area contributed by atoms with E-state index < -0.39 is 0 Å². The van der Waals surface area contributed by atoms with Crippen LogP contribution in [-0.4, -0.2) is 23.9 Å². The maximum Gasteiger partial charge on any atom is 0.231 e. The first-order valence-electron chi connectivity index (χ1n) is 7.21. The number of hydrogen-bond acceptors (Lipinski definition) is 6. The minimum absolute atomic E-state index is 0.262. The van der Waals surface area contributed by atoms with Gasteiger partial charge in [-0.1, -0.05) is 6.07 Å². The van der Waals surface area contributed by atoms with E-state index in [4.69, 9.17) is 19.9 Å². The van der Waals surface area contributed by atoms with Gasteiger partial charge in [0, 0.05) is 11.8 Å². The molecule has 0 bridgehead atoms. The van der Waals surface area contributed by atoms with Crippen molar-refractivity contribution in [3.8, 4) is 17.2 Å². The van der Waals surface area contributed by atoms with E-state index in [0.29, 0.717) is 6.42 Å². The van der Waals surface area contributed by atoms with Gasteiger partial charge in [0.05, 0.1) is 18.3 Å². The number of benzene rings is 2. The summed E-state index contributed by atoms with van der Waals surface area (Å²) in [7, 11) is 1.64. The lowest BCUT2D eigenvalue weighted by molar-refractivity contribution is 0.174. The first-order valence-corrected chi connectivity index (χ1v) is 7.21. The highest BCUT2D eigenvalue weighted by atomic mass is 16.7. The van der Waals surface area contributed by atoms with E-state index in [0.717, 1.165) is 39.4 Å². The van der Waals surface area contributed by atoms with Crippen LogP contribution < -0.4 is 19.9 Å². The standard InChI is InChI=1S/C17H15N3O3/c1-21-11-3-4-13-12(8-11)14(20-17(18)19-13)6-10-2-5-15-16(7-10)23-9-22-15/h2-5,7-8H,6,9H2,1H3,(H2,18,19,20). The Balaban J connectivity index is 1.78. The van der Waals surface area contributed by atoms with E-state index in [2.05, 4.69) is 9.97 Å². The third-order valence-corrected chi connectivity index (χ3v) is 3.81. The van der Waals surface area contributed by atoms with Gasteiger partial charge < -0.3 is 19.9 Å². The molecule has 0 aliphatic carbocycles. The largest absolute Gasteiger partial charge is 0.497 e. The summed E-state index contributed by atoms with van der Waals surface area (Å²) in [5, 5.41) is 0.927. The number of methoxy groups -OCH3 is 1. The van der Waals surface area contributed by atoms with Crippen LogP contribution in [0, 0.1) is 0 Å². The van der Waals surface area contributed by atoms with Crippen molar-refractivity contribution in [1.82, 2.24) is 9.97 Å². The molecule has 6 nitrogen and oxygen atoms in total. The van der Waals surface area contributed by atoms with Crippen molar-refractivity contribution in [2.24, 2.45) is 0 Å². The number of nitrogens with zero attached hydrogens (tertiary/aromatic N) is 2. The van der Waals surface area contributed by atoms with Crippen molar-refractivity contribution in [2.75, 3.05) is 19.6 Å². The molecule has 0 spiro atoms. The Morgan fingerprint density at radius 2 is 1.96 bits per heavy atom. The van der Waals surface area contributed by atoms with Crippen LogP contribution in [0.25, 0.3) is 10.9 Å². The highest BCUT2D eigenvalue weighted by molar-refractivity contribution is 5.83. The van der Waals surface area contributed by atoms with Gasteiger partial charge in [-0.05, 0) is 35.9 Å². The van der Waals surface area contributed by atoms with Gasteiger partial charge in [-0.25, -0.2) is 9.97 Å². The van der Waals surface area contributed by atoms with Crippen LogP contribution in [0.3, 0.4) is 0 Å². The zero-order valence-electron chi connectivity index (χ0n) is 12.6. The first kappa shape index (κ1) is 13.6. The molecule has 1 aliphatic rings. The summed E-state index contributed by atoms with van der Waals surface area (Å²) in [5.41, 5.74) is 8.56. The smallest absolute Gasteiger partial charge is 0.231 e. The van der Waals surface area contributed by atoms with Crippen LogP contribution in [0.5, 0.6) is 17.2 Å². The summed E-state index contributed by atoms with van der Waals surface area (Å²) in [6, 6.07) is 11.5. The van der Waals surface area contributed by atoms with Gasteiger partial charge in [0.1, 0.15) is 5.75 Å². The second-order valence-corrected chi connectivity index (χ2v) is 5.28. The van der Waals surface area contributed by atoms with Crippen LogP contribution in [-0.2, 0) is 6.42 Å². The van der Waals surface area contributed by atoms with E-state index in [9.17, 15) is 0 Å². The van der Waals surface area contributed by atoms with Gasteiger partial charge >= 0.3 is 0 Å².